The Morgan fingerprint density at radius 3 is 2.70 bits per heavy atom. The summed E-state index contributed by atoms with van der Waals surface area (Å²) in [4.78, 5) is 1.24. The van der Waals surface area contributed by atoms with Crippen LogP contribution in [0, 0.1) is 6.92 Å². The van der Waals surface area contributed by atoms with Crippen molar-refractivity contribution in [2.24, 2.45) is 0 Å². The quantitative estimate of drug-likeness (QED) is 0.675. The number of rotatable bonds is 4. The molecule has 1 aromatic carbocycles. The molecule has 0 bridgehead atoms. The number of nitrogens with one attached hydrogen (secondary N) is 1. The summed E-state index contributed by atoms with van der Waals surface area (Å²) in [5.41, 5.74) is 2.56. The predicted molar refractivity (Wildman–Crippen MR) is 91.4 cm³/mol. The zero-order valence-electron chi connectivity index (χ0n) is 11.4. The van der Waals surface area contributed by atoms with Crippen molar-refractivity contribution >= 4 is 44.4 Å². The fourth-order valence-electron chi connectivity index (χ4n) is 2.42. The average Bonchev–Trinajstić information content (AvgIpc) is 3.02. The van der Waals surface area contributed by atoms with Gasteiger partial charge < -0.3 is 5.32 Å². The molecule has 0 saturated heterocycles. The zero-order chi connectivity index (χ0) is 14.1. The van der Waals surface area contributed by atoms with Crippen LogP contribution in [0.5, 0.6) is 0 Å². The Bertz CT molecular complexity index is 729. The first-order valence-corrected chi connectivity index (χ1v) is 8.70. The molecule has 0 aliphatic heterocycles. The molecule has 3 rings (SSSR count). The molecule has 0 aliphatic carbocycles. The van der Waals surface area contributed by atoms with E-state index in [1.807, 2.05) is 18.4 Å². The summed E-state index contributed by atoms with van der Waals surface area (Å²) in [6.45, 7) is 2.06. The van der Waals surface area contributed by atoms with Gasteiger partial charge in [0.15, 0.2) is 0 Å². The lowest BCUT2D eigenvalue weighted by Crippen LogP contribution is -2.17. The second kappa shape index (κ2) is 5.86. The van der Waals surface area contributed by atoms with Crippen molar-refractivity contribution < 1.29 is 0 Å². The lowest BCUT2D eigenvalue weighted by Gasteiger charge is -2.15. The summed E-state index contributed by atoms with van der Waals surface area (Å²) in [6.07, 6.45) is 0.972. The van der Waals surface area contributed by atoms with Crippen LogP contribution in [-0.2, 0) is 6.42 Å². The van der Waals surface area contributed by atoms with Gasteiger partial charge in [-0.3, -0.25) is 0 Å². The molecule has 0 saturated carbocycles. The number of fused-ring (bicyclic) bond motifs is 1. The second-order valence-electron chi connectivity index (χ2n) is 4.90. The topological polar surface area (TPSA) is 12.0 Å². The van der Waals surface area contributed by atoms with Crippen molar-refractivity contribution in [3.8, 4) is 0 Å². The summed E-state index contributed by atoms with van der Waals surface area (Å²) in [7, 11) is 2.00. The van der Waals surface area contributed by atoms with E-state index in [0.29, 0.717) is 0 Å². The fraction of sp³-hybridized carbons (Fsp3) is 0.250. The van der Waals surface area contributed by atoms with Gasteiger partial charge in [-0.15, -0.1) is 22.7 Å². The normalized spacial score (nSPS) is 12.9. The van der Waals surface area contributed by atoms with Crippen LogP contribution < -0.4 is 5.32 Å². The smallest absolute Gasteiger partial charge is 0.0590 e. The molecule has 104 valence electrons. The Hall–Kier alpha value is -0.870. The summed E-state index contributed by atoms with van der Waals surface area (Å²) in [5.74, 6) is 0. The van der Waals surface area contributed by atoms with Crippen molar-refractivity contribution in [1.82, 2.24) is 5.32 Å². The number of thiophene rings is 2. The Labute approximate surface area is 132 Å². The lowest BCUT2D eigenvalue weighted by atomic mass is 10.0. The molecule has 0 amide bonds. The highest BCUT2D eigenvalue weighted by Gasteiger charge is 2.18. The highest BCUT2D eigenvalue weighted by Crippen LogP contribution is 2.36. The van der Waals surface area contributed by atoms with Crippen LogP contribution >= 0.6 is 34.3 Å². The minimum absolute atomic E-state index is 0.277. The van der Waals surface area contributed by atoms with E-state index in [4.69, 9.17) is 11.6 Å². The number of hydrogen-bond acceptors (Lipinski definition) is 3. The van der Waals surface area contributed by atoms with Crippen molar-refractivity contribution in [3.05, 3.63) is 56.1 Å². The van der Waals surface area contributed by atoms with Gasteiger partial charge in [-0.1, -0.05) is 29.8 Å². The number of halogens is 1. The highest BCUT2D eigenvalue weighted by molar-refractivity contribution is 7.17. The number of hydrogen-bond donors (Lipinski definition) is 1. The van der Waals surface area contributed by atoms with Crippen LogP contribution in [0.4, 0.5) is 0 Å². The zero-order valence-corrected chi connectivity index (χ0v) is 13.8. The van der Waals surface area contributed by atoms with E-state index >= 15 is 0 Å². The molecule has 0 aliphatic rings. The maximum absolute atomic E-state index is 6.41. The van der Waals surface area contributed by atoms with Gasteiger partial charge in [0.05, 0.1) is 5.02 Å². The maximum atomic E-state index is 6.41. The van der Waals surface area contributed by atoms with Gasteiger partial charge in [0.2, 0.25) is 0 Å². The number of likely N-dealkylation sites (N-methyl/N-ethyl adjacent to an activating group) is 1. The molecular formula is C16H16ClNS2. The van der Waals surface area contributed by atoms with Crippen LogP contribution in [0.25, 0.3) is 10.1 Å². The molecule has 4 heteroatoms. The first-order chi connectivity index (χ1) is 9.70. The molecule has 1 unspecified atom stereocenters. The molecule has 2 aromatic heterocycles. The molecule has 20 heavy (non-hydrogen) atoms. The molecule has 1 nitrogen and oxygen atoms in total. The first-order valence-electron chi connectivity index (χ1n) is 6.56. The van der Waals surface area contributed by atoms with Gasteiger partial charge in [0.1, 0.15) is 0 Å². The standard InChI is InChI=1S/C16H16ClNS2/c1-10-8-20-16(15(10)17)13(18-2)7-11-9-19-14-6-4-3-5-12(11)14/h3-6,8-9,13,18H,7H2,1-2H3. The minimum atomic E-state index is 0.277. The van der Waals surface area contributed by atoms with Crippen molar-refractivity contribution in [2.45, 2.75) is 19.4 Å². The summed E-state index contributed by atoms with van der Waals surface area (Å²) in [5, 5.41) is 10.1. The van der Waals surface area contributed by atoms with Gasteiger partial charge >= 0.3 is 0 Å². The Morgan fingerprint density at radius 2 is 2.00 bits per heavy atom. The van der Waals surface area contributed by atoms with Crippen molar-refractivity contribution in [3.63, 3.8) is 0 Å². The third kappa shape index (κ3) is 2.51. The summed E-state index contributed by atoms with van der Waals surface area (Å²) < 4.78 is 1.35. The molecule has 1 N–H and O–H groups in total. The molecule has 3 aromatic rings. The van der Waals surface area contributed by atoms with Crippen LogP contribution in [0.3, 0.4) is 0 Å². The fourth-order valence-corrected chi connectivity index (χ4v) is 4.83. The molecule has 0 fully saturated rings. The Balaban J connectivity index is 1.94. The van der Waals surface area contributed by atoms with Crippen LogP contribution in [0.1, 0.15) is 22.0 Å². The van der Waals surface area contributed by atoms with E-state index in [9.17, 15) is 0 Å². The Kier molecular flexibility index (Phi) is 4.13. The first kappa shape index (κ1) is 14.1. The Morgan fingerprint density at radius 1 is 1.20 bits per heavy atom. The van der Waals surface area contributed by atoms with Gasteiger partial charge in [0, 0.05) is 15.6 Å². The largest absolute Gasteiger partial charge is 0.312 e. The molecule has 2 heterocycles. The van der Waals surface area contributed by atoms with E-state index in [1.54, 1.807) is 11.3 Å². The van der Waals surface area contributed by atoms with E-state index in [2.05, 4.69) is 47.3 Å². The molecule has 1 atom stereocenters. The maximum Gasteiger partial charge on any atom is 0.0590 e. The molecule has 0 spiro atoms. The average molecular weight is 322 g/mol. The number of aryl methyl sites for hydroxylation is 1. The predicted octanol–water partition coefficient (Wildman–Crippen LogP) is 5.43. The van der Waals surface area contributed by atoms with Crippen LogP contribution in [0.15, 0.2) is 35.0 Å². The molecular weight excluding hydrogens is 306 g/mol. The summed E-state index contributed by atoms with van der Waals surface area (Å²) in [6, 6.07) is 8.86. The number of benzene rings is 1. The third-order valence-electron chi connectivity index (χ3n) is 3.58. The van der Waals surface area contributed by atoms with Gasteiger partial charge in [0.25, 0.3) is 0 Å². The lowest BCUT2D eigenvalue weighted by molar-refractivity contribution is 0.605. The van der Waals surface area contributed by atoms with Crippen molar-refractivity contribution in [1.29, 1.82) is 0 Å². The van der Waals surface area contributed by atoms with Gasteiger partial charge in [-0.25, -0.2) is 0 Å². The summed E-state index contributed by atoms with van der Waals surface area (Å²) >= 11 is 9.97. The van der Waals surface area contributed by atoms with E-state index < -0.39 is 0 Å². The SMILES string of the molecule is CNC(Cc1csc2ccccc12)c1scc(C)c1Cl. The van der Waals surface area contributed by atoms with E-state index in [1.165, 1.54) is 26.1 Å². The minimum Gasteiger partial charge on any atom is -0.312 e. The second-order valence-corrected chi connectivity index (χ2v) is 7.10. The van der Waals surface area contributed by atoms with Crippen LogP contribution in [0.2, 0.25) is 5.02 Å². The van der Waals surface area contributed by atoms with Gasteiger partial charge in [-0.05, 0) is 53.7 Å². The third-order valence-corrected chi connectivity index (χ3v) is 6.42. The monoisotopic (exact) mass is 321 g/mol. The van der Waals surface area contributed by atoms with E-state index in [-0.39, 0.29) is 6.04 Å². The van der Waals surface area contributed by atoms with Crippen molar-refractivity contribution in [2.75, 3.05) is 7.05 Å². The van der Waals surface area contributed by atoms with Gasteiger partial charge in [-0.2, -0.15) is 0 Å². The highest BCUT2D eigenvalue weighted by atomic mass is 35.5. The van der Waals surface area contributed by atoms with Crippen LogP contribution in [-0.4, -0.2) is 7.05 Å². The van der Waals surface area contributed by atoms with E-state index in [0.717, 1.165) is 11.4 Å². The molecule has 0 radical (unpaired) electrons.